The molecular weight excluding hydrogens is 224 g/mol. The number of hydrogen-bond acceptors (Lipinski definition) is 2. The molecule has 0 aromatic heterocycles. The highest BCUT2D eigenvalue weighted by Gasteiger charge is 2.23. The summed E-state index contributed by atoms with van der Waals surface area (Å²) in [7, 11) is 1.98. The number of amides is 1. The molecule has 1 N–H and O–H groups in total. The molecule has 1 aliphatic heterocycles. The first kappa shape index (κ1) is 15.5. The van der Waals surface area contributed by atoms with E-state index in [4.69, 9.17) is 0 Å². The Morgan fingerprint density at radius 2 is 2.00 bits per heavy atom. The van der Waals surface area contributed by atoms with Crippen LogP contribution in [0.15, 0.2) is 0 Å². The maximum absolute atomic E-state index is 12.4. The van der Waals surface area contributed by atoms with Gasteiger partial charge in [-0.1, -0.05) is 26.7 Å². The zero-order chi connectivity index (χ0) is 13.4. The number of nitrogens with zero attached hydrogens (tertiary/aromatic N) is 1. The van der Waals surface area contributed by atoms with Crippen LogP contribution < -0.4 is 5.32 Å². The molecule has 1 rings (SSSR count). The molecule has 0 aliphatic carbocycles. The third-order valence-electron chi connectivity index (χ3n) is 3.93. The Labute approximate surface area is 112 Å². The van der Waals surface area contributed by atoms with Gasteiger partial charge in [-0.25, -0.2) is 0 Å². The van der Waals surface area contributed by atoms with Gasteiger partial charge in [-0.05, 0) is 44.7 Å². The van der Waals surface area contributed by atoms with Crippen LogP contribution in [-0.2, 0) is 4.79 Å². The highest BCUT2D eigenvalue weighted by molar-refractivity contribution is 5.78. The van der Waals surface area contributed by atoms with Crippen molar-refractivity contribution in [3.63, 3.8) is 0 Å². The lowest BCUT2D eigenvalue weighted by molar-refractivity contribution is -0.135. The predicted octanol–water partition coefficient (Wildman–Crippen LogP) is 2.66. The third kappa shape index (κ3) is 4.97. The molecule has 0 aromatic carbocycles. The topological polar surface area (TPSA) is 32.3 Å². The van der Waals surface area contributed by atoms with Gasteiger partial charge in [0, 0.05) is 19.5 Å². The van der Waals surface area contributed by atoms with Crippen LogP contribution in [-0.4, -0.2) is 37.5 Å². The summed E-state index contributed by atoms with van der Waals surface area (Å²) in [5.41, 5.74) is 0. The summed E-state index contributed by atoms with van der Waals surface area (Å²) in [4.78, 5) is 14.4. The van der Waals surface area contributed by atoms with Crippen LogP contribution in [0.5, 0.6) is 0 Å². The lowest BCUT2D eigenvalue weighted by atomic mass is 9.95. The van der Waals surface area contributed by atoms with Crippen molar-refractivity contribution in [1.82, 2.24) is 10.2 Å². The van der Waals surface area contributed by atoms with Crippen molar-refractivity contribution < 1.29 is 4.79 Å². The van der Waals surface area contributed by atoms with Crippen molar-refractivity contribution in [3.05, 3.63) is 0 Å². The molecule has 3 heteroatoms. The van der Waals surface area contributed by atoms with Gasteiger partial charge in [0.1, 0.15) is 0 Å². The Bertz CT molecular complexity index is 231. The zero-order valence-electron chi connectivity index (χ0n) is 12.4. The van der Waals surface area contributed by atoms with Gasteiger partial charge in [-0.15, -0.1) is 0 Å². The lowest BCUT2D eigenvalue weighted by Crippen LogP contribution is -2.41. The fourth-order valence-electron chi connectivity index (χ4n) is 2.96. The molecular formula is C15H30N2O. The van der Waals surface area contributed by atoms with E-state index in [1.54, 1.807) is 0 Å². The molecule has 1 amide bonds. The van der Waals surface area contributed by atoms with E-state index in [2.05, 4.69) is 19.2 Å². The van der Waals surface area contributed by atoms with Gasteiger partial charge in [0.2, 0.25) is 5.91 Å². The quantitative estimate of drug-likeness (QED) is 0.757. The molecule has 0 bridgehead atoms. The molecule has 1 fully saturated rings. The SMILES string of the molecule is CCCC(CCC)C(=O)N(C)CC1CCCNC1. The van der Waals surface area contributed by atoms with Crippen LogP contribution in [0.4, 0.5) is 0 Å². The van der Waals surface area contributed by atoms with E-state index < -0.39 is 0 Å². The summed E-state index contributed by atoms with van der Waals surface area (Å²) in [5, 5.41) is 3.42. The van der Waals surface area contributed by atoms with Crippen molar-refractivity contribution in [2.24, 2.45) is 11.8 Å². The molecule has 0 radical (unpaired) electrons. The second-order valence-corrected chi connectivity index (χ2v) is 5.71. The number of carbonyl (C=O) groups excluding carboxylic acids is 1. The second kappa shape index (κ2) is 8.52. The van der Waals surface area contributed by atoms with Gasteiger partial charge < -0.3 is 10.2 Å². The Balaban J connectivity index is 2.41. The van der Waals surface area contributed by atoms with Gasteiger partial charge in [0.25, 0.3) is 0 Å². The van der Waals surface area contributed by atoms with Crippen molar-refractivity contribution in [1.29, 1.82) is 0 Å². The first-order valence-electron chi connectivity index (χ1n) is 7.64. The van der Waals surface area contributed by atoms with E-state index in [9.17, 15) is 4.79 Å². The maximum atomic E-state index is 12.4. The normalized spacial score (nSPS) is 20.1. The lowest BCUT2D eigenvalue weighted by Gasteiger charge is -2.30. The van der Waals surface area contributed by atoms with Gasteiger partial charge in [-0.2, -0.15) is 0 Å². The summed E-state index contributed by atoms with van der Waals surface area (Å²) < 4.78 is 0. The Morgan fingerprint density at radius 1 is 1.33 bits per heavy atom. The molecule has 1 saturated heterocycles. The minimum atomic E-state index is 0.251. The molecule has 1 atom stereocenters. The molecule has 18 heavy (non-hydrogen) atoms. The standard InChI is InChI=1S/C15H30N2O/c1-4-7-14(8-5-2)15(18)17(3)12-13-9-6-10-16-11-13/h13-14,16H,4-12H2,1-3H3. The van der Waals surface area contributed by atoms with Crippen LogP contribution in [0.3, 0.4) is 0 Å². The first-order chi connectivity index (χ1) is 8.69. The first-order valence-corrected chi connectivity index (χ1v) is 7.64. The predicted molar refractivity (Wildman–Crippen MR) is 76.5 cm³/mol. The average molecular weight is 254 g/mol. The van der Waals surface area contributed by atoms with Crippen LogP contribution in [0.25, 0.3) is 0 Å². The van der Waals surface area contributed by atoms with Crippen molar-refractivity contribution >= 4 is 5.91 Å². The van der Waals surface area contributed by atoms with Gasteiger partial charge in [0.05, 0.1) is 0 Å². The summed E-state index contributed by atoms with van der Waals surface area (Å²) in [6.07, 6.45) is 6.81. The second-order valence-electron chi connectivity index (χ2n) is 5.71. The van der Waals surface area contributed by atoms with Gasteiger partial charge in [0.15, 0.2) is 0 Å². The third-order valence-corrected chi connectivity index (χ3v) is 3.93. The van der Waals surface area contributed by atoms with Crippen LogP contribution in [0.1, 0.15) is 52.4 Å². The molecule has 0 aromatic rings. The van der Waals surface area contributed by atoms with Crippen molar-refractivity contribution in [3.8, 4) is 0 Å². The Kier molecular flexibility index (Phi) is 7.33. The van der Waals surface area contributed by atoms with Gasteiger partial charge in [-0.3, -0.25) is 4.79 Å². The monoisotopic (exact) mass is 254 g/mol. The largest absolute Gasteiger partial charge is 0.345 e. The minimum absolute atomic E-state index is 0.251. The van der Waals surface area contributed by atoms with E-state index in [1.165, 1.54) is 12.8 Å². The molecule has 0 saturated carbocycles. The number of carbonyl (C=O) groups is 1. The summed E-state index contributed by atoms with van der Waals surface area (Å²) in [5.74, 6) is 1.27. The number of piperidine rings is 1. The molecule has 1 aliphatic rings. The fraction of sp³-hybridized carbons (Fsp3) is 0.933. The highest BCUT2D eigenvalue weighted by Crippen LogP contribution is 2.18. The average Bonchev–Trinajstić information content (AvgIpc) is 2.39. The Morgan fingerprint density at radius 3 is 2.50 bits per heavy atom. The molecule has 106 valence electrons. The summed E-state index contributed by atoms with van der Waals surface area (Å²) >= 11 is 0. The van der Waals surface area contributed by atoms with Crippen LogP contribution in [0, 0.1) is 11.8 Å². The highest BCUT2D eigenvalue weighted by atomic mass is 16.2. The number of nitrogens with one attached hydrogen (secondary N) is 1. The van der Waals surface area contributed by atoms with Crippen molar-refractivity contribution in [2.45, 2.75) is 52.4 Å². The Hall–Kier alpha value is -0.570. The minimum Gasteiger partial charge on any atom is -0.345 e. The van der Waals surface area contributed by atoms with Crippen molar-refractivity contribution in [2.75, 3.05) is 26.7 Å². The molecule has 1 heterocycles. The van der Waals surface area contributed by atoms with E-state index in [1.807, 2.05) is 11.9 Å². The maximum Gasteiger partial charge on any atom is 0.225 e. The van der Waals surface area contributed by atoms with E-state index >= 15 is 0 Å². The van der Waals surface area contributed by atoms with E-state index in [0.29, 0.717) is 11.8 Å². The summed E-state index contributed by atoms with van der Waals surface area (Å²) in [6, 6.07) is 0. The van der Waals surface area contributed by atoms with E-state index in [0.717, 1.165) is 45.3 Å². The zero-order valence-corrected chi connectivity index (χ0v) is 12.4. The number of hydrogen-bond donors (Lipinski definition) is 1. The number of rotatable bonds is 7. The van der Waals surface area contributed by atoms with Crippen LogP contribution in [0.2, 0.25) is 0 Å². The molecule has 0 spiro atoms. The fourth-order valence-corrected chi connectivity index (χ4v) is 2.96. The molecule has 3 nitrogen and oxygen atoms in total. The molecule has 1 unspecified atom stereocenters. The summed E-state index contributed by atoms with van der Waals surface area (Å²) in [6.45, 7) is 7.48. The van der Waals surface area contributed by atoms with Crippen LogP contribution >= 0.6 is 0 Å². The smallest absolute Gasteiger partial charge is 0.225 e. The van der Waals surface area contributed by atoms with Gasteiger partial charge >= 0.3 is 0 Å². The van der Waals surface area contributed by atoms with E-state index in [-0.39, 0.29) is 5.92 Å².